The predicted molar refractivity (Wildman–Crippen MR) is 57.7 cm³/mol. The molecule has 0 aromatic heterocycles. The molecule has 0 atom stereocenters. The molecule has 0 nitrogen and oxygen atoms in total. The molecule has 0 radical (unpaired) electrons. The Morgan fingerprint density at radius 2 is 1.46 bits per heavy atom. The Labute approximate surface area is 83.1 Å². The van der Waals surface area contributed by atoms with E-state index in [-0.39, 0.29) is 0 Å². The third kappa shape index (κ3) is 1.78. The Balaban J connectivity index is 1.89. The van der Waals surface area contributed by atoms with Gasteiger partial charge in [-0.3, -0.25) is 0 Å². The molecule has 2 saturated carbocycles. The Kier molecular flexibility index (Phi) is 2.20. The molecule has 1 spiro atoms. The molecule has 0 amide bonds. The van der Waals surface area contributed by atoms with Crippen LogP contribution in [0.5, 0.6) is 0 Å². The predicted octanol–water partition coefficient (Wildman–Crippen LogP) is 4.39. The fourth-order valence-corrected chi connectivity index (χ4v) is 3.27. The highest BCUT2D eigenvalue weighted by atomic mass is 14.5. The Morgan fingerprint density at radius 3 is 1.77 bits per heavy atom. The molecule has 2 fully saturated rings. The molecule has 0 saturated heterocycles. The summed E-state index contributed by atoms with van der Waals surface area (Å²) in [5.41, 5.74) is 1.41. The quantitative estimate of drug-likeness (QED) is 0.518. The van der Waals surface area contributed by atoms with E-state index in [0.717, 1.165) is 11.3 Å². The van der Waals surface area contributed by atoms with Crippen molar-refractivity contribution in [3.8, 4) is 0 Å². The van der Waals surface area contributed by atoms with Gasteiger partial charge in [0.1, 0.15) is 0 Å². The van der Waals surface area contributed by atoms with Crippen molar-refractivity contribution in [2.45, 2.75) is 65.7 Å². The van der Waals surface area contributed by atoms with Crippen molar-refractivity contribution >= 4 is 0 Å². The highest BCUT2D eigenvalue weighted by Gasteiger charge is 2.42. The van der Waals surface area contributed by atoms with E-state index in [1.54, 1.807) is 12.8 Å². The summed E-state index contributed by atoms with van der Waals surface area (Å²) in [5, 5.41) is 0. The van der Waals surface area contributed by atoms with E-state index < -0.39 is 0 Å². The van der Waals surface area contributed by atoms with Crippen molar-refractivity contribution < 1.29 is 0 Å². The van der Waals surface area contributed by atoms with Crippen molar-refractivity contribution in [3.63, 3.8) is 0 Å². The summed E-state index contributed by atoms with van der Waals surface area (Å²) in [7, 11) is 0. The molecule has 2 aliphatic rings. The molecule has 0 heteroatoms. The summed E-state index contributed by atoms with van der Waals surface area (Å²) < 4.78 is 0. The van der Waals surface area contributed by atoms with Crippen molar-refractivity contribution in [2.75, 3.05) is 0 Å². The number of hydrogen-bond acceptors (Lipinski definition) is 0. The molecule has 0 aromatic carbocycles. The van der Waals surface area contributed by atoms with E-state index in [9.17, 15) is 0 Å². The molecule has 0 bridgehead atoms. The van der Waals surface area contributed by atoms with Gasteiger partial charge in [0.2, 0.25) is 0 Å². The first-order valence-corrected chi connectivity index (χ1v) is 6.02. The minimum absolute atomic E-state index is 0.561. The van der Waals surface area contributed by atoms with Crippen molar-refractivity contribution in [1.29, 1.82) is 0 Å². The molecule has 13 heavy (non-hydrogen) atoms. The second-order valence-electron chi connectivity index (χ2n) is 6.49. The van der Waals surface area contributed by atoms with Gasteiger partial charge in [-0.25, -0.2) is 0 Å². The van der Waals surface area contributed by atoms with E-state index >= 15 is 0 Å². The highest BCUT2D eigenvalue weighted by Crippen LogP contribution is 2.54. The van der Waals surface area contributed by atoms with Gasteiger partial charge in [0.15, 0.2) is 0 Å². The largest absolute Gasteiger partial charge is 0.0599 e. The summed E-state index contributed by atoms with van der Waals surface area (Å²) in [6.07, 6.45) is 10.7. The minimum Gasteiger partial charge on any atom is -0.0599 e. The van der Waals surface area contributed by atoms with Gasteiger partial charge in [-0.1, -0.05) is 27.2 Å². The summed E-state index contributed by atoms with van der Waals surface area (Å²) in [6, 6.07) is 0. The molecule has 0 N–H and O–H groups in total. The Hall–Kier alpha value is 0. The summed E-state index contributed by atoms with van der Waals surface area (Å²) >= 11 is 0. The first-order valence-electron chi connectivity index (χ1n) is 6.02. The van der Waals surface area contributed by atoms with E-state index in [1.807, 2.05) is 0 Å². The standard InChI is InChI=1S/C13H24/c1-12(2,3)11-5-9-13(10-6-11)7-4-8-13/h11H,4-10H2,1-3H3. The molecule has 0 unspecified atom stereocenters. The van der Waals surface area contributed by atoms with Crippen LogP contribution in [0.25, 0.3) is 0 Å². The topological polar surface area (TPSA) is 0 Å². The molecular formula is C13H24. The smallest absolute Gasteiger partial charge is 0.0297 e. The van der Waals surface area contributed by atoms with Crippen LogP contribution in [0.15, 0.2) is 0 Å². The van der Waals surface area contributed by atoms with Gasteiger partial charge in [0.25, 0.3) is 0 Å². The minimum atomic E-state index is 0.561. The zero-order chi connectivity index (χ0) is 9.53. The van der Waals surface area contributed by atoms with Crippen LogP contribution >= 0.6 is 0 Å². The Bertz CT molecular complexity index is 171. The molecule has 76 valence electrons. The number of rotatable bonds is 0. The van der Waals surface area contributed by atoms with Gasteiger partial charge >= 0.3 is 0 Å². The fraction of sp³-hybridized carbons (Fsp3) is 1.00. The SMILES string of the molecule is CC(C)(C)C1CCC2(CCC2)CC1. The molecule has 0 aliphatic heterocycles. The van der Waals surface area contributed by atoms with Crippen LogP contribution in [0.1, 0.15) is 65.7 Å². The van der Waals surface area contributed by atoms with Gasteiger partial charge in [0, 0.05) is 0 Å². The van der Waals surface area contributed by atoms with Gasteiger partial charge in [-0.2, -0.15) is 0 Å². The summed E-state index contributed by atoms with van der Waals surface area (Å²) in [6.45, 7) is 7.24. The maximum Gasteiger partial charge on any atom is -0.0297 e. The molecule has 2 aliphatic carbocycles. The lowest BCUT2D eigenvalue weighted by Crippen LogP contribution is -2.36. The van der Waals surface area contributed by atoms with Crippen LogP contribution in [-0.4, -0.2) is 0 Å². The first kappa shape index (κ1) is 9.55. The van der Waals surface area contributed by atoms with Crippen LogP contribution in [0.3, 0.4) is 0 Å². The second kappa shape index (κ2) is 3.00. The highest BCUT2D eigenvalue weighted by molar-refractivity contribution is 4.93. The average Bonchev–Trinajstić information content (AvgIpc) is 2.00. The molecule has 0 heterocycles. The monoisotopic (exact) mass is 180 g/mol. The van der Waals surface area contributed by atoms with Gasteiger partial charge < -0.3 is 0 Å². The van der Waals surface area contributed by atoms with Crippen LogP contribution < -0.4 is 0 Å². The number of hydrogen-bond donors (Lipinski definition) is 0. The van der Waals surface area contributed by atoms with Gasteiger partial charge in [-0.05, 0) is 55.3 Å². The fourth-order valence-electron chi connectivity index (χ4n) is 3.27. The van der Waals surface area contributed by atoms with E-state index in [4.69, 9.17) is 0 Å². The Morgan fingerprint density at radius 1 is 0.923 bits per heavy atom. The van der Waals surface area contributed by atoms with Gasteiger partial charge in [-0.15, -0.1) is 0 Å². The van der Waals surface area contributed by atoms with Crippen molar-refractivity contribution in [2.24, 2.45) is 16.7 Å². The zero-order valence-electron chi connectivity index (χ0n) is 9.53. The third-order valence-corrected chi connectivity index (χ3v) is 4.69. The van der Waals surface area contributed by atoms with E-state index in [1.165, 1.54) is 32.1 Å². The van der Waals surface area contributed by atoms with Crippen molar-refractivity contribution in [3.05, 3.63) is 0 Å². The normalized spacial score (nSPS) is 28.8. The van der Waals surface area contributed by atoms with Crippen LogP contribution in [0.2, 0.25) is 0 Å². The molecule has 2 rings (SSSR count). The van der Waals surface area contributed by atoms with Crippen LogP contribution in [0.4, 0.5) is 0 Å². The third-order valence-electron chi connectivity index (χ3n) is 4.69. The summed E-state index contributed by atoms with van der Waals surface area (Å²) in [4.78, 5) is 0. The van der Waals surface area contributed by atoms with E-state index in [2.05, 4.69) is 20.8 Å². The lowest BCUT2D eigenvalue weighted by molar-refractivity contribution is 0.0261. The summed E-state index contributed by atoms with van der Waals surface area (Å²) in [5.74, 6) is 0.999. The first-order chi connectivity index (χ1) is 6.02. The zero-order valence-corrected chi connectivity index (χ0v) is 9.53. The van der Waals surface area contributed by atoms with Crippen LogP contribution in [-0.2, 0) is 0 Å². The van der Waals surface area contributed by atoms with Crippen LogP contribution in [0, 0.1) is 16.7 Å². The second-order valence-corrected chi connectivity index (χ2v) is 6.49. The lowest BCUT2D eigenvalue weighted by atomic mass is 9.56. The van der Waals surface area contributed by atoms with Gasteiger partial charge in [0.05, 0.1) is 0 Å². The van der Waals surface area contributed by atoms with Crippen molar-refractivity contribution in [1.82, 2.24) is 0 Å². The van der Waals surface area contributed by atoms with E-state index in [0.29, 0.717) is 5.41 Å². The molecular weight excluding hydrogens is 156 g/mol. The molecule has 0 aromatic rings. The maximum absolute atomic E-state index is 2.41. The average molecular weight is 180 g/mol. The lowest BCUT2D eigenvalue weighted by Gasteiger charge is -2.49. The maximum atomic E-state index is 2.41.